The van der Waals surface area contributed by atoms with Gasteiger partial charge in [-0.25, -0.2) is 0 Å². The van der Waals surface area contributed by atoms with Crippen LogP contribution in [0.2, 0.25) is 5.02 Å². The fourth-order valence-electron chi connectivity index (χ4n) is 2.78. The topological polar surface area (TPSA) is 79.1 Å². The molecule has 0 N–H and O–H groups in total. The number of hydrogen-bond acceptors (Lipinski definition) is 6. The number of para-hydroxylation sites is 1. The molecule has 0 aliphatic carbocycles. The highest BCUT2D eigenvalue weighted by molar-refractivity contribution is 7.16. The Bertz CT molecular complexity index is 1140. The number of carbonyl (C=O) groups excluding carboxylic acids is 2. The Kier molecular flexibility index (Phi) is 6.56. The lowest BCUT2D eigenvalue weighted by molar-refractivity contribution is -0.143. The molecule has 0 unspecified atom stereocenters. The molecule has 7 nitrogen and oxygen atoms in total. The van der Waals surface area contributed by atoms with Crippen LogP contribution in [0, 0.1) is 0 Å². The number of benzene rings is 2. The molecule has 2 aromatic carbocycles. The Morgan fingerprint density at radius 2 is 1.90 bits per heavy atom. The third-order valence-electron chi connectivity index (χ3n) is 4.07. The molecule has 1 aromatic heterocycles. The number of carbonyl (C=O) groups is 2. The summed E-state index contributed by atoms with van der Waals surface area (Å²) < 4.78 is 17.9. The summed E-state index contributed by atoms with van der Waals surface area (Å²) in [6.45, 7) is 1.88. The van der Waals surface area contributed by atoms with E-state index in [4.69, 9.17) is 25.8 Å². The minimum absolute atomic E-state index is 0.102. The van der Waals surface area contributed by atoms with Crippen LogP contribution in [-0.2, 0) is 16.1 Å². The van der Waals surface area contributed by atoms with Crippen molar-refractivity contribution >= 4 is 45.0 Å². The molecule has 3 aromatic rings. The predicted octanol–water partition coefficient (Wildman–Crippen LogP) is 3.68. The molecular weight excluding hydrogens is 416 g/mol. The van der Waals surface area contributed by atoms with Gasteiger partial charge in [0, 0.05) is 5.56 Å². The molecule has 0 aliphatic rings. The van der Waals surface area contributed by atoms with Gasteiger partial charge in [-0.2, -0.15) is 4.99 Å². The summed E-state index contributed by atoms with van der Waals surface area (Å²) in [5.41, 5.74) is 0.958. The molecule has 0 bridgehead atoms. The first-order chi connectivity index (χ1) is 14.0. The maximum atomic E-state index is 12.8. The number of esters is 1. The Balaban J connectivity index is 2.10. The lowest BCUT2D eigenvalue weighted by Gasteiger charge is -2.08. The summed E-state index contributed by atoms with van der Waals surface area (Å²) in [4.78, 5) is 29.5. The second-order valence-corrected chi connectivity index (χ2v) is 7.27. The van der Waals surface area contributed by atoms with Crippen molar-refractivity contribution in [1.29, 1.82) is 0 Å². The van der Waals surface area contributed by atoms with Gasteiger partial charge < -0.3 is 18.8 Å². The summed E-state index contributed by atoms with van der Waals surface area (Å²) in [7, 11) is 3.01. The molecule has 1 heterocycles. The van der Waals surface area contributed by atoms with Crippen molar-refractivity contribution in [2.45, 2.75) is 13.5 Å². The van der Waals surface area contributed by atoms with Crippen molar-refractivity contribution in [1.82, 2.24) is 4.57 Å². The molecule has 0 fully saturated rings. The van der Waals surface area contributed by atoms with Crippen LogP contribution in [0.15, 0.2) is 41.4 Å². The first-order valence-electron chi connectivity index (χ1n) is 8.73. The molecule has 3 rings (SSSR count). The molecule has 0 spiro atoms. The Morgan fingerprint density at radius 1 is 1.14 bits per heavy atom. The maximum Gasteiger partial charge on any atom is 0.326 e. The fraction of sp³-hybridized carbons (Fsp3) is 0.250. The molecule has 0 radical (unpaired) electrons. The Labute approximate surface area is 176 Å². The van der Waals surface area contributed by atoms with Crippen LogP contribution in [0.3, 0.4) is 0 Å². The van der Waals surface area contributed by atoms with Crippen LogP contribution in [0.25, 0.3) is 10.2 Å². The van der Waals surface area contributed by atoms with E-state index in [-0.39, 0.29) is 13.2 Å². The molecule has 1 amide bonds. The van der Waals surface area contributed by atoms with Crippen LogP contribution < -0.4 is 14.3 Å². The van der Waals surface area contributed by atoms with Crippen LogP contribution in [-0.4, -0.2) is 37.3 Å². The van der Waals surface area contributed by atoms with E-state index in [0.717, 1.165) is 4.70 Å². The summed E-state index contributed by atoms with van der Waals surface area (Å²) in [5.74, 6) is 0.0146. The van der Waals surface area contributed by atoms with Gasteiger partial charge in [-0.1, -0.05) is 29.0 Å². The van der Waals surface area contributed by atoms with E-state index >= 15 is 0 Å². The van der Waals surface area contributed by atoms with Gasteiger partial charge in [0.05, 0.1) is 36.1 Å². The summed E-state index contributed by atoms with van der Waals surface area (Å²) in [5, 5.41) is 0.461. The minimum Gasteiger partial charge on any atom is -0.493 e. The molecule has 0 saturated heterocycles. The fourth-order valence-corrected chi connectivity index (χ4v) is 4.16. The summed E-state index contributed by atoms with van der Waals surface area (Å²) in [6, 6.07) is 10.2. The van der Waals surface area contributed by atoms with E-state index in [2.05, 4.69) is 4.99 Å². The van der Waals surface area contributed by atoms with Gasteiger partial charge in [-0.05, 0) is 37.3 Å². The second kappa shape index (κ2) is 9.11. The quantitative estimate of drug-likeness (QED) is 0.553. The van der Waals surface area contributed by atoms with Gasteiger partial charge in [0.15, 0.2) is 16.3 Å². The number of rotatable bonds is 6. The number of hydrogen-bond donors (Lipinski definition) is 0. The molecular formula is C20H19ClN2O5S. The number of nitrogens with zero attached hydrogens (tertiary/aromatic N) is 2. The van der Waals surface area contributed by atoms with Crippen LogP contribution in [0.1, 0.15) is 17.3 Å². The van der Waals surface area contributed by atoms with E-state index in [1.54, 1.807) is 41.8 Å². The summed E-state index contributed by atoms with van der Waals surface area (Å²) in [6.07, 6.45) is 0. The lowest BCUT2D eigenvalue weighted by atomic mass is 10.2. The molecule has 0 aliphatic heterocycles. The van der Waals surface area contributed by atoms with Gasteiger partial charge in [0.2, 0.25) is 0 Å². The van der Waals surface area contributed by atoms with Crippen molar-refractivity contribution in [3.63, 3.8) is 0 Å². The van der Waals surface area contributed by atoms with Gasteiger partial charge in [0.1, 0.15) is 6.54 Å². The molecule has 29 heavy (non-hydrogen) atoms. The van der Waals surface area contributed by atoms with Gasteiger partial charge in [-0.15, -0.1) is 0 Å². The highest BCUT2D eigenvalue weighted by atomic mass is 35.5. The van der Waals surface area contributed by atoms with Crippen molar-refractivity contribution in [3.8, 4) is 11.5 Å². The summed E-state index contributed by atoms with van der Waals surface area (Å²) >= 11 is 7.61. The number of halogens is 1. The van der Waals surface area contributed by atoms with E-state index in [0.29, 0.717) is 32.4 Å². The first kappa shape index (κ1) is 20.9. The average Bonchev–Trinajstić information content (AvgIpc) is 3.05. The number of thiazole rings is 1. The van der Waals surface area contributed by atoms with Crippen LogP contribution in [0.5, 0.6) is 11.5 Å². The van der Waals surface area contributed by atoms with Crippen molar-refractivity contribution < 1.29 is 23.8 Å². The number of aromatic nitrogens is 1. The largest absolute Gasteiger partial charge is 0.493 e. The predicted molar refractivity (Wildman–Crippen MR) is 111 cm³/mol. The van der Waals surface area contributed by atoms with E-state index < -0.39 is 11.9 Å². The van der Waals surface area contributed by atoms with Gasteiger partial charge in [-0.3, -0.25) is 9.59 Å². The second-order valence-electron chi connectivity index (χ2n) is 5.85. The van der Waals surface area contributed by atoms with E-state index in [1.165, 1.54) is 25.6 Å². The third kappa shape index (κ3) is 4.44. The van der Waals surface area contributed by atoms with Gasteiger partial charge >= 0.3 is 5.97 Å². The molecule has 0 saturated carbocycles. The highest BCUT2D eigenvalue weighted by Crippen LogP contribution is 2.28. The smallest absolute Gasteiger partial charge is 0.326 e. The Hall–Kier alpha value is -2.84. The molecule has 152 valence electrons. The van der Waals surface area contributed by atoms with Crippen molar-refractivity contribution in [3.05, 3.63) is 51.8 Å². The first-order valence-corrected chi connectivity index (χ1v) is 9.92. The molecule has 0 atom stereocenters. The number of methoxy groups -OCH3 is 2. The monoisotopic (exact) mass is 434 g/mol. The minimum atomic E-state index is -0.480. The average molecular weight is 435 g/mol. The lowest BCUT2D eigenvalue weighted by Crippen LogP contribution is -2.23. The standard InChI is InChI=1S/C20H19ClN2O5S/c1-4-28-17(24)11-23-18-13(21)6-5-7-16(18)29-20(23)22-19(25)12-8-9-14(26-2)15(10-12)27-3/h5-10H,4,11H2,1-3H3. The zero-order chi connectivity index (χ0) is 21.0. The zero-order valence-electron chi connectivity index (χ0n) is 16.1. The normalized spacial score (nSPS) is 11.5. The van der Waals surface area contributed by atoms with E-state index in [1.807, 2.05) is 6.07 Å². The Morgan fingerprint density at radius 3 is 2.59 bits per heavy atom. The highest BCUT2D eigenvalue weighted by Gasteiger charge is 2.16. The van der Waals surface area contributed by atoms with Crippen LogP contribution >= 0.6 is 22.9 Å². The SMILES string of the molecule is CCOC(=O)Cn1c(=NC(=O)c2ccc(OC)c(OC)c2)sc2cccc(Cl)c21. The number of ether oxygens (including phenoxy) is 3. The van der Waals surface area contributed by atoms with Crippen molar-refractivity contribution in [2.75, 3.05) is 20.8 Å². The van der Waals surface area contributed by atoms with Crippen LogP contribution in [0.4, 0.5) is 0 Å². The maximum absolute atomic E-state index is 12.8. The van der Waals surface area contributed by atoms with Crippen molar-refractivity contribution in [2.24, 2.45) is 4.99 Å². The van der Waals surface area contributed by atoms with E-state index in [9.17, 15) is 9.59 Å². The number of amides is 1. The number of fused-ring (bicyclic) bond motifs is 1. The molecule has 9 heteroatoms. The third-order valence-corrected chi connectivity index (χ3v) is 5.42. The van der Waals surface area contributed by atoms with Gasteiger partial charge in [0.25, 0.3) is 5.91 Å². The zero-order valence-corrected chi connectivity index (χ0v) is 17.7.